The number of carbonyl (C=O) groups is 2. The highest BCUT2D eigenvalue weighted by Gasteiger charge is 2.20. The fourth-order valence-electron chi connectivity index (χ4n) is 3.25. The Labute approximate surface area is 164 Å². The van der Waals surface area contributed by atoms with Crippen LogP contribution in [0, 0.1) is 13.8 Å². The van der Waals surface area contributed by atoms with Crippen LogP contribution in [0.2, 0.25) is 0 Å². The summed E-state index contributed by atoms with van der Waals surface area (Å²) in [7, 11) is 1.32. The van der Waals surface area contributed by atoms with Gasteiger partial charge in [0, 0.05) is 31.9 Å². The van der Waals surface area contributed by atoms with E-state index in [0.29, 0.717) is 13.2 Å². The number of piperazine rings is 1. The first-order valence-corrected chi connectivity index (χ1v) is 9.25. The maximum Gasteiger partial charge on any atom is 0.360 e. The van der Waals surface area contributed by atoms with E-state index in [0.717, 1.165) is 43.0 Å². The van der Waals surface area contributed by atoms with Crippen LogP contribution in [0.1, 0.15) is 21.6 Å². The summed E-state index contributed by atoms with van der Waals surface area (Å²) in [4.78, 5) is 28.2. The molecule has 1 fully saturated rings. The molecule has 28 heavy (non-hydrogen) atoms. The van der Waals surface area contributed by atoms with Crippen LogP contribution in [-0.2, 0) is 16.2 Å². The quantitative estimate of drug-likeness (QED) is 0.737. The molecular formula is C19H26N6O3. The van der Waals surface area contributed by atoms with Gasteiger partial charge in [-0.25, -0.2) is 9.48 Å². The fraction of sp³-hybridized carbons (Fsp3) is 0.474. The number of esters is 1. The Morgan fingerprint density at radius 3 is 2.39 bits per heavy atom. The summed E-state index contributed by atoms with van der Waals surface area (Å²) in [6, 6.07) is 5.98. The first kappa shape index (κ1) is 20.0. The van der Waals surface area contributed by atoms with Gasteiger partial charge in [-0.15, -0.1) is 5.10 Å². The highest BCUT2D eigenvalue weighted by molar-refractivity contribution is 5.93. The monoisotopic (exact) mass is 386 g/mol. The van der Waals surface area contributed by atoms with Gasteiger partial charge in [0.25, 0.3) is 0 Å². The Morgan fingerprint density at radius 2 is 1.75 bits per heavy atom. The summed E-state index contributed by atoms with van der Waals surface area (Å²) in [5, 5.41) is 10.8. The summed E-state index contributed by atoms with van der Waals surface area (Å²) in [6.45, 7) is 8.11. The molecule has 150 valence electrons. The number of hydrogen-bond acceptors (Lipinski definition) is 7. The SMILES string of the molecule is COC(=O)c1cn(CN2CCN(CC(=O)Nc3c(C)cccc3C)CC2)nn1. The maximum atomic E-state index is 12.4. The molecule has 0 saturated carbocycles. The summed E-state index contributed by atoms with van der Waals surface area (Å²) in [6.07, 6.45) is 1.58. The molecule has 3 rings (SSSR count). The molecular weight excluding hydrogens is 360 g/mol. The van der Waals surface area contributed by atoms with Gasteiger partial charge in [0.1, 0.15) is 0 Å². The molecule has 0 radical (unpaired) electrons. The normalized spacial score (nSPS) is 15.4. The minimum atomic E-state index is -0.494. The Hall–Kier alpha value is -2.78. The number of ether oxygens (including phenoxy) is 1. The zero-order valence-electron chi connectivity index (χ0n) is 16.5. The van der Waals surface area contributed by atoms with Gasteiger partial charge in [0.05, 0.1) is 26.5 Å². The molecule has 9 heteroatoms. The number of aryl methyl sites for hydroxylation is 2. The largest absolute Gasteiger partial charge is 0.464 e. The first-order chi connectivity index (χ1) is 13.5. The third kappa shape index (κ3) is 4.93. The highest BCUT2D eigenvalue weighted by Crippen LogP contribution is 2.19. The molecule has 0 bridgehead atoms. The van der Waals surface area contributed by atoms with Crippen molar-refractivity contribution in [2.45, 2.75) is 20.5 Å². The average molecular weight is 386 g/mol. The Balaban J connectivity index is 1.45. The number of nitrogens with one attached hydrogen (secondary N) is 1. The van der Waals surface area contributed by atoms with E-state index in [1.54, 1.807) is 10.9 Å². The number of amides is 1. The summed E-state index contributed by atoms with van der Waals surface area (Å²) in [5.74, 6) is -0.490. The lowest BCUT2D eigenvalue weighted by Crippen LogP contribution is -2.48. The standard InChI is InChI=1S/C19H26N6O3/c1-14-5-4-6-15(2)18(14)20-17(26)12-23-7-9-24(10-8-23)13-25-11-16(21-22-25)19(27)28-3/h4-6,11H,7-10,12-13H2,1-3H3,(H,20,26). The predicted molar refractivity (Wildman–Crippen MR) is 104 cm³/mol. The zero-order valence-corrected chi connectivity index (χ0v) is 16.5. The van der Waals surface area contributed by atoms with Gasteiger partial charge in [-0.1, -0.05) is 23.4 Å². The van der Waals surface area contributed by atoms with Crippen molar-refractivity contribution < 1.29 is 14.3 Å². The topological polar surface area (TPSA) is 92.6 Å². The van der Waals surface area contributed by atoms with Crippen molar-refractivity contribution in [2.75, 3.05) is 45.2 Å². The molecule has 1 saturated heterocycles. The zero-order chi connectivity index (χ0) is 20.1. The number of aromatic nitrogens is 3. The van der Waals surface area contributed by atoms with Crippen LogP contribution in [0.15, 0.2) is 24.4 Å². The van der Waals surface area contributed by atoms with Gasteiger partial charge in [-0.3, -0.25) is 14.6 Å². The molecule has 2 heterocycles. The number of methoxy groups -OCH3 is 1. The third-order valence-electron chi connectivity index (χ3n) is 4.86. The van der Waals surface area contributed by atoms with Crippen LogP contribution in [0.25, 0.3) is 0 Å². The number of para-hydroxylation sites is 1. The molecule has 9 nitrogen and oxygen atoms in total. The lowest BCUT2D eigenvalue weighted by molar-refractivity contribution is -0.117. The lowest BCUT2D eigenvalue weighted by atomic mass is 10.1. The van der Waals surface area contributed by atoms with Crippen molar-refractivity contribution >= 4 is 17.6 Å². The van der Waals surface area contributed by atoms with E-state index in [1.807, 2.05) is 32.0 Å². The number of anilines is 1. The minimum Gasteiger partial charge on any atom is -0.464 e. The molecule has 1 N–H and O–H groups in total. The molecule has 0 aliphatic carbocycles. The Bertz CT molecular complexity index is 822. The van der Waals surface area contributed by atoms with Gasteiger partial charge >= 0.3 is 5.97 Å². The Kier molecular flexibility index (Phi) is 6.37. The molecule has 1 aliphatic heterocycles. The predicted octanol–water partition coefficient (Wildman–Crippen LogP) is 0.895. The molecule has 1 amide bonds. The van der Waals surface area contributed by atoms with Crippen LogP contribution >= 0.6 is 0 Å². The number of rotatable bonds is 6. The van der Waals surface area contributed by atoms with E-state index < -0.39 is 5.97 Å². The molecule has 1 aromatic carbocycles. The second kappa shape index (κ2) is 8.94. The third-order valence-corrected chi connectivity index (χ3v) is 4.86. The van der Waals surface area contributed by atoms with Crippen molar-refractivity contribution in [1.29, 1.82) is 0 Å². The van der Waals surface area contributed by atoms with E-state index in [-0.39, 0.29) is 11.6 Å². The van der Waals surface area contributed by atoms with Gasteiger partial charge in [0.2, 0.25) is 5.91 Å². The van der Waals surface area contributed by atoms with E-state index in [2.05, 4.69) is 30.2 Å². The molecule has 0 spiro atoms. The fourth-order valence-corrected chi connectivity index (χ4v) is 3.25. The van der Waals surface area contributed by atoms with Crippen LogP contribution in [-0.4, -0.2) is 76.5 Å². The molecule has 0 atom stereocenters. The van der Waals surface area contributed by atoms with Gasteiger partial charge < -0.3 is 10.1 Å². The minimum absolute atomic E-state index is 0.00449. The van der Waals surface area contributed by atoms with E-state index >= 15 is 0 Å². The van der Waals surface area contributed by atoms with Crippen molar-refractivity contribution in [3.8, 4) is 0 Å². The van der Waals surface area contributed by atoms with E-state index in [4.69, 9.17) is 0 Å². The van der Waals surface area contributed by atoms with Gasteiger partial charge in [0.15, 0.2) is 5.69 Å². The number of carbonyl (C=O) groups excluding carboxylic acids is 2. The first-order valence-electron chi connectivity index (χ1n) is 9.25. The second-order valence-electron chi connectivity index (χ2n) is 6.99. The highest BCUT2D eigenvalue weighted by atomic mass is 16.5. The second-order valence-corrected chi connectivity index (χ2v) is 6.99. The average Bonchev–Trinajstić information content (AvgIpc) is 3.14. The molecule has 1 aromatic heterocycles. The lowest BCUT2D eigenvalue weighted by Gasteiger charge is -2.34. The smallest absolute Gasteiger partial charge is 0.360 e. The molecule has 2 aromatic rings. The van der Waals surface area contributed by atoms with Crippen LogP contribution in [0.4, 0.5) is 5.69 Å². The van der Waals surface area contributed by atoms with Crippen LogP contribution in [0.3, 0.4) is 0 Å². The number of hydrogen-bond donors (Lipinski definition) is 1. The number of nitrogens with zero attached hydrogens (tertiary/aromatic N) is 5. The van der Waals surface area contributed by atoms with Crippen LogP contribution in [0.5, 0.6) is 0 Å². The van der Waals surface area contributed by atoms with Crippen molar-refractivity contribution in [3.63, 3.8) is 0 Å². The van der Waals surface area contributed by atoms with Crippen LogP contribution < -0.4 is 5.32 Å². The van der Waals surface area contributed by atoms with E-state index in [1.165, 1.54) is 7.11 Å². The van der Waals surface area contributed by atoms with Gasteiger partial charge in [-0.2, -0.15) is 0 Å². The molecule has 1 aliphatic rings. The van der Waals surface area contributed by atoms with Gasteiger partial charge in [-0.05, 0) is 25.0 Å². The summed E-state index contributed by atoms with van der Waals surface area (Å²) in [5.41, 5.74) is 3.23. The molecule has 0 unspecified atom stereocenters. The number of benzene rings is 1. The van der Waals surface area contributed by atoms with E-state index in [9.17, 15) is 9.59 Å². The Morgan fingerprint density at radius 1 is 1.11 bits per heavy atom. The van der Waals surface area contributed by atoms with Crippen molar-refractivity contribution in [3.05, 3.63) is 41.2 Å². The summed E-state index contributed by atoms with van der Waals surface area (Å²) >= 11 is 0. The van der Waals surface area contributed by atoms with Crippen molar-refractivity contribution in [1.82, 2.24) is 24.8 Å². The van der Waals surface area contributed by atoms with Crippen molar-refractivity contribution in [2.24, 2.45) is 0 Å². The summed E-state index contributed by atoms with van der Waals surface area (Å²) < 4.78 is 6.26. The maximum absolute atomic E-state index is 12.4.